The number of carbonyl (C=O) groups is 1. The number of unbranched alkanes of at least 4 members (excludes halogenated alkanes) is 1. The summed E-state index contributed by atoms with van der Waals surface area (Å²) in [6.45, 7) is 17.1. The Labute approximate surface area is 256 Å². The smallest absolute Gasteiger partial charge is 0.341 e. The van der Waals surface area contributed by atoms with E-state index in [1.165, 1.54) is 22.5 Å². The molecule has 3 aromatic rings. The van der Waals surface area contributed by atoms with E-state index in [4.69, 9.17) is 21.7 Å². The molecule has 0 spiro atoms. The van der Waals surface area contributed by atoms with E-state index >= 15 is 0 Å². The van der Waals surface area contributed by atoms with Crippen LogP contribution in [0, 0.1) is 0 Å². The molecule has 2 N–H and O–H groups in total. The van der Waals surface area contributed by atoms with Crippen LogP contribution in [0.25, 0.3) is 10.4 Å². The monoisotopic (exact) mass is 594 g/mol. The molecule has 0 saturated carbocycles. The lowest BCUT2D eigenvalue weighted by atomic mass is 9.76. The highest BCUT2D eigenvalue weighted by Crippen LogP contribution is 2.39. The van der Waals surface area contributed by atoms with Crippen LogP contribution < -0.4 is 15.4 Å². The Morgan fingerprint density at radius 3 is 2.29 bits per heavy atom. The van der Waals surface area contributed by atoms with Crippen molar-refractivity contribution in [3.05, 3.63) is 71.3 Å². The van der Waals surface area contributed by atoms with Gasteiger partial charge < -0.3 is 20.1 Å². The predicted molar refractivity (Wildman–Crippen MR) is 178 cm³/mol. The van der Waals surface area contributed by atoms with Gasteiger partial charge in [0.2, 0.25) is 0 Å². The summed E-state index contributed by atoms with van der Waals surface area (Å²) in [6.07, 6.45) is 3.94. The molecule has 0 atom stereocenters. The van der Waals surface area contributed by atoms with Crippen LogP contribution in [0.3, 0.4) is 0 Å². The molecule has 41 heavy (non-hydrogen) atoms. The van der Waals surface area contributed by atoms with E-state index in [0.717, 1.165) is 41.9 Å². The van der Waals surface area contributed by atoms with Gasteiger partial charge >= 0.3 is 5.97 Å². The second-order valence-corrected chi connectivity index (χ2v) is 13.0. The molecular weight excluding hydrogens is 549 g/mol. The normalized spacial score (nSPS) is 11.7. The maximum Gasteiger partial charge on any atom is 0.341 e. The van der Waals surface area contributed by atoms with Crippen LogP contribution in [0.1, 0.15) is 95.6 Å². The lowest BCUT2D eigenvalue weighted by Crippen LogP contribution is -2.29. The number of benzene rings is 2. The van der Waals surface area contributed by atoms with Gasteiger partial charge in [-0.3, -0.25) is 0 Å². The number of anilines is 1. The van der Waals surface area contributed by atoms with Gasteiger partial charge in [0.25, 0.3) is 0 Å². The van der Waals surface area contributed by atoms with Gasteiger partial charge in [-0.25, -0.2) is 4.79 Å². The first-order valence-electron chi connectivity index (χ1n) is 14.7. The van der Waals surface area contributed by atoms with Gasteiger partial charge in [0.15, 0.2) is 5.11 Å². The van der Waals surface area contributed by atoms with E-state index in [-0.39, 0.29) is 16.8 Å². The van der Waals surface area contributed by atoms with Crippen LogP contribution in [0.2, 0.25) is 0 Å². The van der Waals surface area contributed by atoms with Gasteiger partial charge in [0.05, 0.1) is 18.8 Å². The fraction of sp³-hybridized carbons (Fsp3) is 0.471. The molecule has 5 nitrogen and oxygen atoms in total. The zero-order valence-electron chi connectivity index (χ0n) is 25.7. The van der Waals surface area contributed by atoms with Crippen molar-refractivity contribution in [1.29, 1.82) is 0 Å². The summed E-state index contributed by atoms with van der Waals surface area (Å²) >= 11 is 7.04. The second kappa shape index (κ2) is 14.8. The van der Waals surface area contributed by atoms with Crippen molar-refractivity contribution in [2.24, 2.45) is 0 Å². The Morgan fingerprint density at radius 1 is 0.927 bits per heavy atom. The Hall–Kier alpha value is -2.90. The summed E-state index contributed by atoms with van der Waals surface area (Å²) in [6, 6.07) is 18.6. The van der Waals surface area contributed by atoms with E-state index in [1.54, 1.807) is 6.92 Å². The van der Waals surface area contributed by atoms with E-state index in [1.807, 2.05) is 36.4 Å². The maximum absolute atomic E-state index is 12.6. The van der Waals surface area contributed by atoms with Crippen molar-refractivity contribution in [1.82, 2.24) is 5.32 Å². The van der Waals surface area contributed by atoms with Crippen LogP contribution in [-0.2, 0) is 15.6 Å². The number of ether oxygens (including phenoxy) is 2. The molecule has 0 saturated heterocycles. The average molecular weight is 595 g/mol. The molecule has 0 bridgehead atoms. The number of hydrogen-bond donors (Lipinski definition) is 2. The Bertz CT molecular complexity index is 1300. The molecule has 0 fully saturated rings. The lowest BCUT2D eigenvalue weighted by molar-refractivity contribution is 0.0528. The zero-order chi connectivity index (χ0) is 30.0. The first-order chi connectivity index (χ1) is 19.5. The predicted octanol–water partition coefficient (Wildman–Crippen LogP) is 9.11. The van der Waals surface area contributed by atoms with Crippen LogP contribution in [0.4, 0.5) is 5.00 Å². The summed E-state index contributed by atoms with van der Waals surface area (Å²) in [5.41, 5.74) is 4.36. The molecule has 7 heteroatoms. The third-order valence-corrected chi connectivity index (χ3v) is 9.23. The maximum atomic E-state index is 12.6. The molecule has 1 heterocycles. The fourth-order valence-electron chi connectivity index (χ4n) is 4.35. The third kappa shape index (κ3) is 8.79. The minimum atomic E-state index is -0.356. The van der Waals surface area contributed by atoms with Gasteiger partial charge in [0.1, 0.15) is 10.8 Å². The van der Waals surface area contributed by atoms with Gasteiger partial charge in [-0.1, -0.05) is 84.0 Å². The summed E-state index contributed by atoms with van der Waals surface area (Å²) in [7, 11) is 0. The van der Waals surface area contributed by atoms with Crippen molar-refractivity contribution >= 4 is 39.6 Å². The second-order valence-electron chi connectivity index (χ2n) is 11.6. The Balaban J connectivity index is 1.55. The molecule has 1 aromatic heterocycles. The number of nitrogens with one attached hydrogen (secondary N) is 2. The molecule has 3 rings (SSSR count). The van der Waals surface area contributed by atoms with Gasteiger partial charge in [-0.05, 0) is 78.9 Å². The van der Waals surface area contributed by atoms with E-state index in [9.17, 15) is 4.79 Å². The highest BCUT2D eigenvalue weighted by Gasteiger charge is 2.26. The number of esters is 1. The zero-order valence-corrected chi connectivity index (χ0v) is 27.3. The Kier molecular flexibility index (Phi) is 11.8. The van der Waals surface area contributed by atoms with Crippen molar-refractivity contribution < 1.29 is 14.3 Å². The molecule has 0 amide bonds. The highest BCUT2D eigenvalue weighted by atomic mass is 32.1. The van der Waals surface area contributed by atoms with Crippen LogP contribution in [0.5, 0.6) is 5.75 Å². The van der Waals surface area contributed by atoms with Crippen LogP contribution >= 0.6 is 23.6 Å². The van der Waals surface area contributed by atoms with Crippen molar-refractivity contribution in [2.75, 3.05) is 25.1 Å². The number of carbonyl (C=O) groups excluding carboxylic acids is 1. The molecule has 0 aliphatic heterocycles. The summed E-state index contributed by atoms with van der Waals surface area (Å²) < 4.78 is 11.6. The topological polar surface area (TPSA) is 59.6 Å². The van der Waals surface area contributed by atoms with E-state index in [0.29, 0.717) is 35.4 Å². The largest absolute Gasteiger partial charge is 0.493 e. The SMILES string of the molecule is CCOC(=O)c1cc(-c2ccccc2)sc1NC(=S)NCCCCOc1ccc(C(C)(C)CC)cc1C(C)(C)CC. The third-order valence-electron chi connectivity index (χ3n) is 7.88. The standard InChI is InChI=1S/C34H46N2O3S2/c1-8-33(4,5)25-18-19-28(27(22-25)34(6,7)9-2)39-21-15-14-20-35-32(40)36-30-26(31(37)38-10-3)23-29(41-30)24-16-12-11-13-17-24/h11-13,16-19,22-23H,8-10,14-15,20-21H2,1-7H3,(H2,35,36,40). The average Bonchev–Trinajstić information content (AvgIpc) is 3.39. The number of thiophene rings is 1. The quantitative estimate of drug-likeness (QED) is 0.110. The van der Waals surface area contributed by atoms with Crippen molar-refractivity contribution in [3.63, 3.8) is 0 Å². The fourth-order valence-corrected chi connectivity index (χ4v) is 5.67. The summed E-state index contributed by atoms with van der Waals surface area (Å²) in [5, 5.41) is 7.66. The molecular formula is C34H46N2O3S2. The minimum absolute atomic E-state index is 0.0408. The number of hydrogen-bond acceptors (Lipinski definition) is 5. The number of thiocarbonyl (C=S) groups is 1. The summed E-state index contributed by atoms with van der Waals surface area (Å²) in [5.74, 6) is 0.626. The first kappa shape index (κ1) is 32.6. The lowest BCUT2D eigenvalue weighted by Gasteiger charge is -2.30. The van der Waals surface area contributed by atoms with Crippen LogP contribution in [0.15, 0.2) is 54.6 Å². The number of rotatable bonds is 14. The van der Waals surface area contributed by atoms with Crippen LogP contribution in [-0.4, -0.2) is 30.8 Å². The first-order valence-corrected chi connectivity index (χ1v) is 15.9. The van der Waals surface area contributed by atoms with Crippen molar-refractivity contribution in [3.8, 4) is 16.2 Å². The molecule has 0 aliphatic carbocycles. The summed E-state index contributed by atoms with van der Waals surface area (Å²) in [4.78, 5) is 13.6. The molecule has 0 aliphatic rings. The molecule has 222 valence electrons. The highest BCUT2D eigenvalue weighted by molar-refractivity contribution is 7.80. The van der Waals surface area contributed by atoms with Gasteiger partial charge in [-0.2, -0.15) is 0 Å². The minimum Gasteiger partial charge on any atom is -0.493 e. The molecule has 0 radical (unpaired) electrons. The van der Waals surface area contributed by atoms with E-state index < -0.39 is 0 Å². The van der Waals surface area contributed by atoms with Gasteiger partial charge in [-0.15, -0.1) is 11.3 Å². The van der Waals surface area contributed by atoms with Gasteiger partial charge in [0, 0.05) is 17.0 Å². The van der Waals surface area contributed by atoms with Crippen molar-refractivity contribution in [2.45, 2.75) is 85.0 Å². The molecule has 0 unspecified atom stereocenters. The Morgan fingerprint density at radius 2 is 1.63 bits per heavy atom. The van der Waals surface area contributed by atoms with E-state index in [2.05, 4.69) is 70.4 Å². The molecule has 2 aromatic carbocycles.